The molecule has 1 aliphatic heterocycles. The third-order valence-electron chi connectivity index (χ3n) is 4.17. The fraction of sp³-hybridized carbons (Fsp3) is 0.333. The number of nitrogens with zero attached hydrogens (tertiary/aromatic N) is 1. The number of H-pyrrole nitrogens is 1. The first-order chi connectivity index (χ1) is 11.5. The van der Waals surface area contributed by atoms with Gasteiger partial charge < -0.3 is 15.2 Å². The molecule has 0 aliphatic carbocycles. The van der Waals surface area contributed by atoms with Gasteiger partial charge in [-0.2, -0.15) is 5.10 Å². The highest BCUT2D eigenvalue weighted by atomic mass is 16.5. The van der Waals surface area contributed by atoms with Crippen molar-refractivity contribution in [2.24, 2.45) is 0 Å². The zero-order valence-corrected chi connectivity index (χ0v) is 14.0. The van der Waals surface area contributed by atoms with Gasteiger partial charge in [-0.05, 0) is 23.6 Å². The highest BCUT2D eigenvalue weighted by Gasteiger charge is 2.29. The van der Waals surface area contributed by atoms with Crippen LogP contribution in [0.15, 0.2) is 24.3 Å². The molecule has 6 heteroatoms. The van der Waals surface area contributed by atoms with Gasteiger partial charge in [0.05, 0.1) is 7.11 Å². The number of ether oxygens (including phenoxy) is 1. The third kappa shape index (κ3) is 2.99. The summed E-state index contributed by atoms with van der Waals surface area (Å²) in [6.45, 7) is 4.19. The maximum Gasteiger partial charge on any atom is 0.226 e. The van der Waals surface area contributed by atoms with E-state index < -0.39 is 0 Å². The van der Waals surface area contributed by atoms with E-state index in [0.29, 0.717) is 23.9 Å². The van der Waals surface area contributed by atoms with Crippen molar-refractivity contribution in [3.63, 3.8) is 0 Å². The SMILES string of the molecule is COc1cc(/C=C/[C@H]2CC(=O)Nc3n[nH]c(C(C)C)c32)ccc1O. The van der Waals surface area contributed by atoms with Crippen LogP contribution in [0.4, 0.5) is 5.82 Å². The summed E-state index contributed by atoms with van der Waals surface area (Å²) in [4.78, 5) is 11.9. The molecule has 0 saturated heterocycles. The first kappa shape index (κ1) is 16.1. The van der Waals surface area contributed by atoms with Gasteiger partial charge in [0, 0.05) is 23.6 Å². The summed E-state index contributed by atoms with van der Waals surface area (Å²) in [5, 5.41) is 19.8. The van der Waals surface area contributed by atoms with E-state index in [1.165, 1.54) is 7.11 Å². The molecule has 1 aromatic heterocycles. The fourth-order valence-corrected chi connectivity index (χ4v) is 2.95. The molecule has 1 aromatic carbocycles. The summed E-state index contributed by atoms with van der Waals surface area (Å²) in [6, 6.07) is 5.15. The number of aromatic amines is 1. The predicted molar refractivity (Wildman–Crippen MR) is 92.4 cm³/mol. The number of nitrogens with one attached hydrogen (secondary N) is 2. The van der Waals surface area contributed by atoms with Gasteiger partial charge >= 0.3 is 0 Å². The number of benzene rings is 1. The Morgan fingerprint density at radius 3 is 2.92 bits per heavy atom. The molecule has 0 spiro atoms. The molecule has 0 unspecified atom stereocenters. The smallest absolute Gasteiger partial charge is 0.226 e. The summed E-state index contributed by atoms with van der Waals surface area (Å²) in [5.74, 6) is 1.36. The molecule has 1 amide bonds. The van der Waals surface area contributed by atoms with E-state index in [2.05, 4.69) is 29.4 Å². The van der Waals surface area contributed by atoms with Crippen molar-refractivity contribution in [2.75, 3.05) is 12.4 Å². The molecule has 3 N–H and O–H groups in total. The number of hydrogen-bond donors (Lipinski definition) is 3. The van der Waals surface area contributed by atoms with Crippen LogP contribution in [0.2, 0.25) is 0 Å². The fourth-order valence-electron chi connectivity index (χ4n) is 2.95. The minimum atomic E-state index is -0.0396. The van der Waals surface area contributed by atoms with Crippen LogP contribution < -0.4 is 10.1 Å². The molecular weight excluding hydrogens is 306 g/mol. The number of phenols is 1. The van der Waals surface area contributed by atoms with Gasteiger partial charge in [-0.25, -0.2) is 0 Å². The molecule has 1 aliphatic rings. The van der Waals surface area contributed by atoms with E-state index in [-0.39, 0.29) is 17.6 Å². The standard InChI is InChI=1S/C18H21N3O3/c1-10(2)17-16-12(9-15(23)19-18(16)21-20-17)6-4-11-5-7-13(22)14(8-11)24-3/h4-8,10,12,22H,9H2,1-3H3,(H2,19,20,21,23)/b6-4+/t12-/m0/s1. The Morgan fingerprint density at radius 2 is 2.21 bits per heavy atom. The van der Waals surface area contributed by atoms with Crippen molar-refractivity contribution in [3.8, 4) is 11.5 Å². The molecule has 1 atom stereocenters. The number of rotatable bonds is 4. The molecule has 0 radical (unpaired) electrons. The number of fused-ring (bicyclic) bond motifs is 1. The Morgan fingerprint density at radius 1 is 1.42 bits per heavy atom. The third-order valence-corrected chi connectivity index (χ3v) is 4.17. The van der Waals surface area contributed by atoms with Crippen LogP contribution in [0.3, 0.4) is 0 Å². The van der Waals surface area contributed by atoms with Crippen LogP contribution >= 0.6 is 0 Å². The summed E-state index contributed by atoms with van der Waals surface area (Å²) in [6.07, 6.45) is 4.33. The van der Waals surface area contributed by atoms with Gasteiger partial charge in [0.15, 0.2) is 17.3 Å². The minimum Gasteiger partial charge on any atom is -0.504 e. The Kier molecular flexibility index (Phi) is 4.29. The Bertz CT molecular complexity index is 793. The van der Waals surface area contributed by atoms with E-state index in [1.54, 1.807) is 18.2 Å². The van der Waals surface area contributed by atoms with Crippen LogP contribution in [0, 0.1) is 0 Å². The van der Waals surface area contributed by atoms with Crippen molar-refractivity contribution in [3.05, 3.63) is 41.1 Å². The van der Waals surface area contributed by atoms with Crippen molar-refractivity contribution in [2.45, 2.75) is 32.1 Å². The van der Waals surface area contributed by atoms with Gasteiger partial charge in [0.1, 0.15) is 0 Å². The van der Waals surface area contributed by atoms with Gasteiger partial charge in [-0.3, -0.25) is 9.89 Å². The molecular formula is C18H21N3O3. The Balaban J connectivity index is 1.93. The summed E-state index contributed by atoms with van der Waals surface area (Å²) < 4.78 is 5.13. The van der Waals surface area contributed by atoms with E-state index in [1.807, 2.05) is 12.2 Å². The second-order valence-corrected chi connectivity index (χ2v) is 6.20. The van der Waals surface area contributed by atoms with Crippen LogP contribution in [0.1, 0.15) is 48.9 Å². The second kappa shape index (κ2) is 6.39. The number of carbonyl (C=O) groups excluding carboxylic acids is 1. The molecule has 24 heavy (non-hydrogen) atoms. The minimum absolute atomic E-state index is 0.0373. The quantitative estimate of drug-likeness (QED) is 0.803. The lowest BCUT2D eigenvalue weighted by Crippen LogP contribution is -2.22. The van der Waals surface area contributed by atoms with Crippen LogP contribution in [-0.4, -0.2) is 28.3 Å². The number of methoxy groups -OCH3 is 1. The molecule has 126 valence electrons. The zero-order chi connectivity index (χ0) is 17.3. The van der Waals surface area contributed by atoms with Crippen molar-refractivity contribution < 1.29 is 14.6 Å². The lowest BCUT2D eigenvalue weighted by Gasteiger charge is -2.21. The second-order valence-electron chi connectivity index (χ2n) is 6.20. The number of allylic oxidation sites excluding steroid dienone is 1. The van der Waals surface area contributed by atoms with E-state index >= 15 is 0 Å². The number of amides is 1. The van der Waals surface area contributed by atoms with Crippen molar-refractivity contribution in [1.29, 1.82) is 0 Å². The molecule has 0 bridgehead atoms. The Labute approximate surface area is 140 Å². The maximum absolute atomic E-state index is 11.9. The first-order valence-corrected chi connectivity index (χ1v) is 7.92. The largest absolute Gasteiger partial charge is 0.504 e. The number of aromatic nitrogens is 2. The predicted octanol–water partition coefficient (Wildman–Crippen LogP) is 3.39. The van der Waals surface area contributed by atoms with Gasteiger partial charge in [-0.1, -0.05) is 32.1 Å². The van der Waals surface area contributed by atoms with Crippen molar-refractivity contribution in [1.82, 2.24) is 10.2 Å². The van der Waals surface area contributed by atoms with Crippen LogP contribution in [-0.2, 0) is 4.79 Å². The molecule has 2 heterocycles. The zero-order valence-electron chi connectivity index (χ0n) is 14.0. The molecule has 3 rings (SSSR count). The van der Waals surface area contributed by atoms with Crippen LogP contribution in [0.25, 0.3) is 6.08 Å². The first-order valence-electron chi connectivity index (χ1n) is 7.92. The molecule has 2 aromatic rings. The monoisotopic (exact) mass is 327 g/mol. The van der Waals surface area contributed by atoms with Gasteiger partial charge in [-0.15, -0.1) is 0 Å². The lowest BCUT2D eigenvalue weighted by atomic mass is 9.88. The highest BCUT2D eigenvalue weighted by molar-refractivity contribution is 5.94. The van der Waals surface area contributed by atoms with Crippen molar-refractivity contribution >= 4 is 17.8 Å². The Hall–Kier alpha value is -2.76. The summed E-state index contributed by atoms with van der Waals surface area (Å²) >= 11 is 0. The average molecular weight is 327 g/mol. The number of anilines is 1. The summed E-state index contributed by atoms with van der Waals surface area (Å²) in [7, 11) is 1.51. The van der Waals surface area contributed by atoms with Crippen LogP contribution in [0.5, 0.6) is 11.5 Å². The van der Waals surface area contributed by atoms with Gasteiger partial charge in [0.25, 0.3) is 0 Å². The number of aromatic hydroxyl groups is 1. The molecule has 6 nitrogen and oxygen atoms in total. The average Bonchev–Trinajstić information content (AvgIpc) is 2.97. The summed E-state index contributed by atoms with van der Waals surface area (Å²) in [5.41, 5.74) is 2.99. The normalized spacial score (nSPS) is 17.2. The number of carbonyl (C=O) groups is 1. The number of phenolic OH excluding ortho intramolecular Hbond substituents is 1. The van der Waals surface area contributed by atoms with E-state index in [4.69, 9.17) is 4.74 Å². The maximum atomic E-state index is 11.9. The van der Waals surface area contributed by atoms with E-state index in [0.717, 1.165) is 16.8 Å². The highest BCUT2D eigenvalue weighted by Crippen LogP contribution is 2.37. The topological polar surface area (TPSA) is 87.2 Å². The number of hydrogen-bond acceptors (Lipinski definition) is 4. The lowest BCUT2D eigenvalue weighted by molar-refractivity contribution is -0.116. The molecule has 0 fully saturated rings. The van der Waals surface area contributed by atoms with Gasteiger partial charge in [0.2, 0.25) is 5.91 Å². The van der Waals surface area contributed by atoms with E-state index in [9.17, 15) is 9.90 Å². The molecule has 0 saturated carbocycles.